The fourth-order valence-electron chi connectivity index (χ4n) is 5.14. The summed E-state index contributed by atoms with van der Waals surface area (Å²) in [6, 6.07) is 16.8. The molecule has 1 saturated carbocycles. The Morgan fingerprint density at radius 2 is 1.88 bits per heavy atom. The summed E-state index contributed by atoms with van der Waals surface area (Å²) in [7, 11) is -3.72. The molecule has 40 heavy (non-hydrogen) atoms. The van der Waals surface area contributed by atoms with Crippen molar-refractivity contribution in [1.29, 1.82) is 0 Å². The van der Waals surface area contributed by atoms with Crippen LogP contribution in [0.1, 0.15) is 38.8 Å². The van der Waals surface area contributed by atoms with Crippen molar-refractivity contribution >= 4 is 27.4 Å². The van der Waals surface area contributed by atoms with Crippen LogP contribution in [0.4, 0.5) is 16.3 Å². The Morgan fingerprint density at radius 1 is 1.15 bits per heavy atom. The van der Waals surface area contributed by atoms with Gasteiger partial charge in [-0.2, -0.15) is 0 Å². The number of anilines is 2. The van der Waals surface area contributed by atoms with Crippen LogP contribution < -0.4 is 15.5 Å². The number of rotatable bonds is 8. The van der Waals surface area contributed by atoms with Crippen molar-refractivity contribution in [3.63, 3.8) is 0 Å². The second kappa shape index (κ2) is 11.5. The Balaban J connectivity index is 1.54. The highest BCUT2D eigenvalue weighted by molar-refractivity contribution is 7.92. The maximum atomic E-state index is 14.0. The fraction of sp³-hybridized carbons (Fsp3) is 0.414. The molecule has 212 valence electrons. The number of hydrogen-bond donors (Lipinski definition) is 3. The van der Waals surface area contributed by atoms with Crippen molar-refractivity contribution < 1.29 is 23.1 Å². The summed E-state index contributed by atoms with van der Waals surface area (Å²) in [5, 5.41) is 14.5. The number of hydrogen-bond acceptors (Lipinski definition) is 8. The third-order valence-electron chi connectivity index (χ3n) is 7.62. The van der Waals surface area contributed by atoms with E-state index in [0.717, 1.165) is 6.42 Å². The monoisotopic (exact) mass is 565 g/mol. The standard InChI is InChI=1S/C29H35N5O5S/c1-20(18-35)30-28(36)31-23-11-9-22(10-12-23)27-32-25(17-26(33-27)34-15-16-39-19-21(34)2)29(13-6-14-29)40(37,38)24-7-4-3-5-8-24/h3-5,7-12,17,20-21,35H,6,13-16,18-19H2,1-2H3,(H2,30,31,36)/t20-,21+/m1/s1. The van der Waals surface area contributed by atoms with E-state index in [1.807, 2.05) is 12.1 Å². The molecule has 2 fully saturated rings. The molecule has 1 aromatic heterocycles. The molecule has 2 amide bonds. The van der Waals surface area contributed by atoms with Gasteiger partial charge in [0.15, 0.2) is 15.7 Å². The van der Waals surface area contributed by atoms with Gasteiger partial charge in [-0.1, -0.05) is 18.2 Å². The van der Waals surface area contributed by atoms with Gasteiger partial charge in [0.2, 0.25) is 0 Å². The van der Waals surface area contributed by atoms with Gasteiger partial charge in [0.1, 0.15) is 10.6 Å². The molecule has 0 radical (unpaired) electrons. The van der Waals surface area contributed by atoms with Crippen LogP contribution in [0, 0.1) is 0 Å². The Bertz CT molecular complexity index is 1450. The van der Waals surface area contributed by atoms with Crippen molar-refractivity contribution in [2.24, 2.45) is 0 Å². The first-order chi connectivity index (χ1) is 19.2. The molecule has 2 atom stereocenters. The molecule has 0 bridgehead atoms. The second-order valence-electron chi connectivity index (χ2n) is 10.5. The lowest BCUT2D eigenvalue weighted by Gasteiger charge is -2.41. The van der Waals surface area contributed by atoms with Gasteiger partial charge in [0, 0.05) is 23.9 Å². The lowest BCUT2D eigenvalue weighted by molar-refractivity contribution is 0.0985. The van der Waals surface area contributed by atoms with Gasteiger partial charge in [-0.25, -0.2) is 23.2 Å². The summed E-state index contributed by atoms with van der Waals surface area (Å²) in [6.45, 7) is 5.35. The minimum Gasteiger partial charge on any atom is -0.394 e. The molecule has 2 heterocycles. The molecular weight excluding hydrogens is 530 g/mol. The van der Waals surface area contributed by atoms with Crippen molar-refractivity contribution in [3.05, 3.63) is 66.4 Å². The number of ether oxygens (including phenoxy) is 1. The zero-order valence-electron chi connectivity index (χ0n) is 22.7. The molecule has 11 heteroatoms. The van der Waals surface area contributed by atoms with Crippen LogP contribution in [0.25, 0.3) is 11.4 Å². The van der Waals surface area contributed by atoms with E-state index in [0.29, 0.717) is 66.1 Å². The number of sulfone groups is 1. The van der Waals surface area contributed by atoms with Crippen LogP contribution in [-0.4, -0.2) is 68.0 Å². The van der Waals surface area contributed by atoms with Gasteiger partial charge >= 0.3 is 6.03 Å². The number of aromatic nitrogens is 2. The first-order valence-corrected chi connectivity index (χ1v) is 15.0. The zero-order valence-corrected chi connectivity index (χ0v) is 23.5. The summed E-state index contributed by atoms with van der Waals surface area (Å²) >= 11 is 0. The number of aliphatic hydroxyl groups excluding tert-OH is 1. The smallest absolute Gasteiger partial charge is 0.319 e. The highest BCUT2D eigenvalue weighted by atomic mass is 32.2. The van der Waals surface area contributed by atoms with Gasteiger partial charge in [0.25, 0.3) is 0 Å². The molecule has 10 nitrogen and oxygen atoms in total. The summed E-state index contributed by atoms with van der Waals surface area (Å²) < 4.78 is 32.6. The second-order valence-corrected chi connectivity index (χ2v) is 12.7. The number of urea groups is 1. The highest BCUT2D eigenvalue weighted by Gasteiger charge is 2.52. The molecular formula is C29H35N5O5S. The lowest BCUT2D eigenvalue weighted by atomic mass is 9.81. The number of carbonyl (C=O) groups is 1. The Morgan fingerprint density at radius 3 is 2.50 bits per heavy atom. The number of morpholine rings is 1. The van der Waals surface area contributed by atoms with Crippen molar-refractivity contribution in [2.45, 2.75) is 54.8 Å². The molecule has 3 aromatic rings. The first-order valence-electron chi connectivity index (χ1n) is 13.6. The third kappa shape index (κ3) is 5.41. The average Bonchev–Trinajstić information content (AvgIpc) is 2.93. The minimum absolute atomic E-state index is 0.0684. The number of nitrogens with one attached hydrogen (secondary N) is 2. The molecule has 1 aliphatic heterocycles. The Hall–Kier alpha value is -3.54. The quantitative estimate of drug-likeness (QED) is 0.376. The summed E-state index contributed by atoms with van der Waals surface area (Å²) in [4.78, 5) is 24.4. The minimum atomic E-state index is -3.72. The van der Waals surface area contributed by atoms with Gasteiger partial charge in [-0.3, -0.25) is 0 Å². The molecule has 1 aliphatic carbocycles. The summed E-state index contributed by atoms with van der Waals surface area (Å²) in [5.41, 5.74) is 1.76. The van der Waals surface area contributed by atoms with Gasteiger partial charge in [0.05, 0.1) is 42.5 Å². The van der Waals surface area contributed by atoms with Crippen LogP contribution in [0.2, 0.25) is 0 Å². The van der Waals surface area contributed by atoms with Crippen molar-refractivity contribution in [3.8, 4) is 11.4 Å². The Labute approximate surface area is 234 Å². The zero-order chi connectivity index (χ0) is 28.3. The Kier molecular flexibility index (Phi) is 8.07. The third-order valence-corrected chi connectivity index (χ3v) is 10.2. The SMILES string of the molecule is C[C@H](CO)NC(=O)Nc1ccc(-c2nc(N3CCOC[C@@H]3C)cc(C3(S(=O)(=O)c4ccccc4)CCC3)n2)cc1. The molecule has 5 rings (SSSR count). The van der Waals surface area contributed by atoms with E-state index < -0.39 is 20.6 Å². The van der Waals surface area contributed by atoms with E-state index in [9.17, 15) is 13.2 Å². The van der Waals surface area contributed by atoms with Crippen molar-refractivity contribution in [2.75, 3.05) is 36.6 Å². The van der Waals surface area contributed by atoms with Crippen LogP contribution in [-0.2, 0) is 19.3 Å². The molecule has 0 spiro atoms. The number of aliphatic hydroxyl groups is 1. The molecule has 0 unspecified atom stereocenters. The summed E-state index contributed by atoms with van der Waals surface area (Å²) in [5.74, 6) is 1.09. The topological polar surface area (TPSA) is 134 Å². The van der Waals surface area contributed by atoms with Crippen LogP contribution in [0.3, 0.4) is 0 Å². The van der Waals surface area contributed by atoms with E-state index in [1.54, 1.807) is 55.5 Å². The van der Waals surface area contributed by atoms with E-state index >= 15 is 0 Å². The lowest BCUT2D eigenvalue weighted by Crippen LogP contribution is -2.46. The van der Waals surface area contributed by atoms with Gasteiger partial charge in [-0.05, 0) is 69.5 Å². The van der Waals surface area contributed by atoms with Crippen molar-refractivity contribution in [1.82, 2.24) is 15.3 Å². The largest absolute Gasteiger partial charge is 0.394 e. The fourth-order valence-corrected chi connectivity index (χ4v) is 7.31. The predicted molar refractivity (Wildman–Crippen MR) is 153 cm³/mol. The summed E-state index contributed by atoms with van der Waals surface area (Å²) in [6.07, 6.45) is 1.78. The number of benzene rings is 2. The molecule has 3 N–H and O–H groups in total. The van der Waals surface area contributed by atoms with Crippen LogP contribution in [0.5, 0.6) is 0 Å². The van der Waals surface area contributed by atoms with E-state index in [1.165, 1.54) is 0 Å². The van der Waals surface area contributed by atoms with Gasteiger partial charge < -0.3 is 25.4 Å². The normalized spacial score (nSPS) is 19.4. The maximum absolute atomic E-state index is 14.0. The number of amides is 2. The molecule has 1 saturated heterocycles. The molecule has 2 aromatic carbocycles. The van der Waals surface area contributed by atoms with Crippen LogP contribution in [0.15, 0.2) is 65.6 Å². The van der Waals surface area contributed by atoms with Crippen LogP contribution >= 0.6 is 0 Å². The van der Waals surface area contributed by atoms with E-state index in [4.69, 9.17) is 19.8 Å². The average molecular weight is 566 g/mol. The maximum Gasteiger partial charge on any atom is 0.319 e. The van der Waals surface area contributed by atoms with E-state index in [2.05, 4.69) is 22.5 Å². The van der Waals surface area contributed by atoms with E-state index in [-0.39, 0.29) is 18.7 Å². The highest BCUT2D eigenvalue weighted by Crippen LogP contribution is 2.51. The first kappa shape index (κ1) is 28.0. The van der Waals surface area contributed by atoms with Gasteiger partial charge in [-0.15, -0.1) is 0 Å². The number of nitrogens with zero attached hydrogens (tertiary/aromatic N) is 3. The molecule has 2 aliphatic rings. The predicted octanol–water partition coefficient (Wildman–Crippen LogP) is 3.72. The number of carbonyl (C=O) groups excluding carboxylic acids is 1.